The summed E-state index contributed by atoms with van der Waals surface area (Å²) in [5.74, 6) is 7.23. The highest BCUT2D eigenvalue weighted by Gasteiger charge is 2.10. The summed E-state index contributed by atoms with van der Waals surface area (Å²) in [6.07, 6.45) is 3.12. The molecule has 18 heavy (non-hydrogen) atoms. The zero-order valence-corrected chi connectivity index (χ0v) is 11.0. The lowest BCUT2D eigenvalue weighted by Gasteiger charge is -2.14. The molecule has 0 aliphatic carbocycles. The van der Waals surface area contributed by atoms with E-state index in [-0.39, 0.29) is 0 Å². The van der Waals surface area contributed by atoms with Crippen LogP contribution in [0.4, 0.5) is 5.95 Å². The predicted octanol–water partition coefficient (Wildman–Crippen LogP) is -0.441. The Bertz CT molecular complexity index is 347. The molecule has 1 aliphatic heterocycles. The van der Waals surface area contributed by atoms with Gasteiger partial charge in [0, 0.05) is 20.0 Å². The molecular weight excluding hydrogens is 234 g/mol. The van der Waals surface area contributed by atoms with E-state index in [4.69, 9.17) is 5.84 Å². The second-order valence-corrected chi connectivity index (χ2v) is 3.44. The first-order valence-corrected chi connectivity index (χ1v) is 5.96. The minimum atomic E-state index is 0.566. The summed E-state index contributed by atoms with van der Waals surface area (Å²) in [4.78, 5) is 3.95. The van der Waals surface area contributed by atoms with Crippen LogP contribution < -0.4 is 21.8 Å². The van der Waals surface area contributed by atoms with Gasteiger partial charge in [-0.15, -0.1) is 10.2 Å². The van der Waals surface area contributed by atoms with Gasteiger partial charge in [0.15, 0.2) is 0 Å². The Morgan fingerprint density at radius 2 is 2.22 bits per heavy atom. The van der Waals surface area contributed by atoms with Gasteiger partial charge in [-0.1, -0.05) is 13.8 Å². The van der Waals surface area contributed by atoms with E-state index >= 15 is 0 Å². The van der Waals surface area contributed by atoms with Crippen LogP contribution in [0.2, 0.25) is 0 Å². The fraction of sp³-hybridized carbons (Fsp3) is 0.667. The van der Waals surface area contributed by atoms with Crippen molar-refractivity contribution in [2.75, 3.05) is 18.6 Å². The van der Waals surface area contributed by atoms with Crippen molar-refractivity contribution in [1.29, 1.82) is 0 Å². The maximum atomic E-state index is 5.76. The molecule has 0 aromatic carbocycles. The highest BCUT2D eigenvalue weighted by molar-refractivity contribution is 5.82. The van der Waals surface area contributed by atoms with Crippen LogP contribution >= 0.6 is 0 Å². The van der Waals surface area contributed by atoms with E-state index in [1.165, 1.54) is 11.3 Å². The highest BCUT2D eigenvalue weighted by Crippen LogP contribution is 2.02. The molecule has 1 aromatic rings. The number of nitrogens with one attached hydrogen (secondary N) is 3. The Morgan fingerprint density at radius 3 is 2.78 bits per heavy atom. The molecule has 5 N–H and O–H groups in total. The number of H-pyrrole nitrogens is 1. The van der Waals surface area contributed by atoms with Crippen molar-refractivity contribution >= 4 is 11.8 Å². The maximum Gasteiger partial charge on any atom is 0.235 e. The summed E-state index contributed by atoms with van der Waals surface area (Å²) < 4.78 is 0. The topological polar surface area (TPSA) is 110 Å². The number of anilines is 1. The molecule has 0 bridgehead atoms. The third-order valence-electron chi connectivity index (χ3n) is 2.12. The molecule has 0 saturated heterocycles. The van der Waals surface area contributed by atoms with E-state index in [0.717, 1.165) is 18.7 Å². The molecule has 1 aromatic heterocycles. The fourth-order valence-corrected chi connectivity index (χ4v) is 1.35. The van der Waals surface area contributed by atoms with Gasteiger partial charge in [-0.25, -0.2) is 16.5 Å². The normalized spacial score (nSPS) is 14.1. The SMILES string of the molecule is CC.CN1NN=C(CCCN(N)c2ncn[nH]2)N1. The first kappa shape index (κ1) is 14.2. The molecular formula is C9H21N9. The number of nitrogens with two attached hydrogens (primary N) is 1. The van der Waals surface area contributed by atoms with Crippen molar-refractivity contribution in [2.45, 2.75) is 26.7 Å². The second-order valence-electron chi connectivity index (χ2n) is 3.44. The third-order valence-corrected chi connectivity index (χ3v) is 2.12. The van der Waals surface area contributed by atoms with Crippen molar-refractivity contribution in [3.8, 4) is 0 Å². The van der Waals surface area contributed by atoms with Crippen LogP contribution in [0.1, 0.15) is 26.7 Å². The van der Waals surface area contributed by atoms with Gasteiger partial charge in [-0.05, 0) is 6.42 Å². The summed E-state index contributed by atoms with van der Waals surface area (Å²) >= 11 is 0. The number of amidine groups is 1. The molecule has 2 rings (SSSR count). The standard InChI is InChI=1S/C7H15N9.C2H6/c1-15-13-6(11-14-15)3-2-4-16(8)7-9-5-10-12-7;1-2/h5,14H,2-4,8H2,1H3,(H,11,13)(H,9,10,12);1-2H3. The predicted molar refractivity (Wildman–Crippen MR) is 70.0 cm³/mol. The average Bonchev–Trinajstić information content (AvgIpc) is 3.03. The minimum Gasteiger partial charge on any atom is -0.286 e. The zero-order chi connectivity index (χ0) is 13.4. The van der Waals surface area contributed by atoms with Crippen LogP contribution in [0.15, 0.2) is 11.4 Å². The smallest absolute Gasteiger partial charge is 0.235 e. The number of hydrazone groups is 1. The van der Waals surface area contributed by atoms with Crippen LogP contribution in [-0.4, -0.2) is 39.7 Å². The summed E-state index contributed by atoms with van der Waals surface area (Å²) in [6.45, 7) is 4.68. The van der Waals surface area contributed by atoms with Crippen LogP contribution in [0.3, 0.4) is 0 Å². The van der Waals surface area contributed by atoms with Crippen molar-refractivity contribution in [3.63, 3.8) is 0 Å². The van der Waals surface area contributed by atoms with Crippen molar-refractivity contribution in [1.82, 2.24) is 31.3 Å². The van der Waals surface area contributed by atoms with Crippen LogP contribution in [0, 0.1) is 0 Å². The van der Waals surface area contributed by atoms with Gasteiger partial charge in [0.25, 0.3) is 0 Å². The number of hydrogen-bond acceptors (Lipinski definition) is 8. The first-order valence-electron chi connectivity index (χ1n) is 5.96. The lowest BCUT2D eigenvalue weighted by molar-refractivity contribution is 0.231. The maximum absolute atomic E-state index is 5.76. The summed E-state index contributed by atoms with van der Waals surface area (Å²) in [5, 5.41) is 13.7. The van der Waals surface area contributed by atoms with Gasteiger partial charge >= 0.3 is 0 Å². The number of hydrazine groups is 3. The van der Waals surface area contributed by atoms with E-state index in [9.17, 15) is 0 Å². The van der Waals surface area contributed by atoms with Crippen molar-refractivity contribution < 1.29 is 0 Å². The molecule has 2 heterocycles. The second kappa shape index (κ2) is 7.45. The first-order chi connectivity index (χ1) is 8.75. The summed E-state index contributed by atoms with van der Waals surface area (Å²) in [7, 11) is 1.85. The number of aromatic amines is 1. The zero-order valence-electron chi connectivity index (χ0n) is 11.0. The molecule has 0 unspecified atom stereocenters. The average molecular weight is 255 g/mol. The fourth-order valence-electron chi connectivity index (χ4n) is 1.35. The highest BCUT2D eigenvalue weighted by atomic mass is 15.9. The number of aromatic nitrogens is 3. The number of hydrogen-bond donors (Lipinski definition) is 4. The third kappa shape index (κ3) is 4.18. The molecule has 1 aliphatic rings. The van der Waals surface area contributed by atoms with Crippen LogP contribution in [0.5, 0.6) is 0 Å². The molecule has 0 atom stereocenters. The van der Waals surface area contributed by atoms with Gasteiger partial charge in [0.1, 0.15) is 12.2 Å². The Labute approximate surface area is 106 Å². The lowest BCUT2D eigenvalue weighted by atomic mass is 10.3. The van der Waals surface area contributed by atoms with Gasteiger partial charge in [-0.3, -0.25) is 10.4 Å². The van der Waals surface area contributed by atoms with E-state index in [0.29, 0.717) is 12.5 Å². The van der Waals surface area contributed by atoms with Gasteiger partial charge in [0.05, 0.1) is 0 Å². The van der Waals surface area contributed by atoms with E-state index < -0.39 is 0 Å². The molecule has 0 amide bonds. The molecule has 0 saturated carbocycles. The molecule has 102 valence electrons. The monoisotopic (exact) mass is 255 g/mol. The van der Waals surface area contributed by atoms with E-state index in [1.54, 1.807) is 5.12 Å². The largest absolute Gasteiger partial charge is 0.286 e. The number of nitrogens with zero attached hydrogens (tertiary/aromatic N) is 5. The van der Waals surface area contributed by atoms with E-state index in [2.05, 4.69) is 31.2 Å². The number of rotatable bonds is 5. The Morgan fingerprint density at radius 1 is 1.44 bits per heavy atom. The molecule has 0 radical (unpaired) electrons. The summed E-state index contributed by atoms with van der Waals surface area (Å²) in [5.41, 5.74) is 5.81. The Balaban J connectivity index is 0.000000771. The Kier molecular flexibility index (Phi) is 5.88. The van der Waals surface area contributed by atoms with Crippen molar-refractivity contribution in [3.05, 3.63) is 6.33 Å². The van der Waals surface area contributed by atoms with Crippen LogP contribution in [0.25, 0.3) is 0 Å². The molecule has 9 heteroatoms. The summed E-state index contributed by atoms with van der Waals surface area (Å²) in [6, 6.07) is 0. The lowest BCUT2D eigenvalue weighted by Crippen LogP contribution is -2.38. The minimum absolute atomic E-state index is 0.566. The van der Waals surface area contributed by atoms with Gasteiger partial charge < -0.3 is 0 Å². The van der Waals surface area contributed by atoms with Gasteiger partial charge in [0.2, 0.25) is 5.95 Å². The molecule has 0 fully saturated rings. The van der Waals surface area contributed by atoms with E-state index in [1.807, 2.05) is 20.9 Å². The van der Waals surface area contributed by atoms with Crippen molar-refractivity contribution in [2.24, 2.45) is 10.9 Å². The Hall–Kier alpha value is -1.87. The molecule has 0 spiro atoms. The molecule has 9 nitrogen and oxygen atoms in total. The quantitative estimate of drug-likeness (QED) is 0.417. The van der Waals surface area contributed by atoms with Gasteiger partial charge in [-0.2, -0.15) is 10.1 Å². The van der Waals surface area contributed by atoms with Crippen LogP contribution in [-0.2, 0) is 0 Å².